The van der Waals surface area contributed by atoms with Crippen LogP contribution in [0.25, 0.3) is 0 Å². The minimum absolute atomic E-state index is 0.0998. The van der Waals surface area contributed by atoms with Crippen LogP contribution in [-0.2, 0) is 21.3 Å². The van der Waals surface area contributed by atoms with Crippen molar-refractivity contribution in [3.05, 3.63) is 23.8 Å². The topological polar surface area (TPSA) is 70.9 Å². The highest BCUT2D eigenvalue weighted by Crippen LogP contribution is 2.23. The van der Waals surface area contributed by atoms with Crippen molar-refractivity contribution in [2.75, 3.05) is 27.3 Å². The van der Waals surface area contributed by atoms with E-state index in [1.54, 1.807) is 6.07 Å². The monoisotopic (exact) mass is 441 g/mol. The Balaban J connectivity index is 2.13. The van der Waals surface area contributed by atoms with E-state index in [0.717, 1.165) is 49.4 Å². The molecule has 0 unspecified atom stereocenters. The first-order valence-corrected chi connectivity index (χ1v) is 13.2. The predicted octanol–water partition coefficient (Wildman–Crippen LogP) is 4.63. The second-order valence-corrected chi connectivity index (χ2v) is 9.84. The number of nitrogens with one attached hydrogen (secondary N) is 1. The van der Waals surface area contributed by atoms with Gasteiger partial charge in [-0.1, -0.05) is 76.8 Å². The van der Waals surface area contributed by atoms with Crippen LogP contribution in [-0.4, -0.2) is 40.3 Å². The highest BCUT2D eigenvalue weighted by atomic mass is 32.2. The number of ether oxygens (including phenoxy) is 1. The molecule has 1 N–H and O–H groups in total. The third-order valence-electron chi connectivity index (χ3n) is 5.51. The second kappa shape index (κ2) is 15.8. The largest absolute Gasteiger partial charge is 0.744 e. The maximum absolute atomic E-state index is 11.5. The van der Waals surface area contributed by atoms with Gasteiger partial charge in [0.05, 0.1) is 14.1 Å². The van der Waals surface area contributed by atoms with Gasteiger partial charge in [-0.15, -0.1) is 0 Å². The Hall–Kier alpha value is -0.950. The number of rotatable bonds is 18. The SMILES string of the molecule is CCCCCCCCCCCCOCCCCc1cccc(S(=O)(=O)[O-])c1[NH+](C)C. The fourth-order valence-electron chi connectivity index (χ4n) is 3.87. The summed E-state index contributed by atoms with van der Waals surface area (Å²) in [5.74, 6) is 0. The molecule has 0 heterocycles. The third kappa shape index (κ3) is 11.4. The van der Waals surface area contributed by atoms with Gasteiger partial charge in [0.25, 0.3) is 0 Å². The molecule has 6 heteroatoms. The highest BCUT2D eigenvalue weighted by Gasteiger charge is 2.18. The second-order valence-electron chi connectivity index (χ2n) is 8.50. The van der Waals surface area contributed by atoms with Crippen molar-refractivity contribution in [2.24, 2.45) is 0 Å². The van der Waals surface area contributed by atoms with E-state index in [0.29, 0.717) is 5.69 Å². The molecule has 0 radical (unpaired) electrons. The molecule has 30 heavy (non-hydrogen) atoms. The Kier molecular flexibility index (Phi) is 14.3. The minimum Gasteiger partial charge on any atom is -0.744 e. The molecule has 0 aliphatic rings. The third-order valence-corrected chi connectivity index (χ3v) is 6.39. The first kappa shape index (κ1) is 27.1. The highest BCUT2D eigenvalue weighted by molar-refractivity contribution is 7.85. The van der Waals surface area contributed by atoms with Gasteiger partial charge >= 0.3 is 0 Å². The number of aryl methyl sites for hydroxylation is 1. The summed E-state index contributed by atoms with van der Waals surface area (Å²) >= 11 is 0. The van der Waals surface area contributed by atoms with Gasteiger partial charge < -0.3 is 14.2 Å². The molecule has 0 saturated heterocycles. The molecule has 0 aliphatic heterocycles. The molecule has 0 aromatic heterocycles. The molecule has 5 nitrogen and oxygen atoms in total. The fourth-order valence-corrected chi connectivity index (χ4v) is 4.70. The molecule has 0 spiro atoms. The lowest BCUT2D eigenvalue weighted by Gasteiger charge is -2.18. The van der Waals surface area contributed by atoms with Crippen molar-refractivity contribution in [3.8, 4) is 0 Å². The summed E-state index contributed by atoms with van der Waals surface area (Å²) in [7, 11) is -0.756. The number of para-hydroxylation sites is 1. The van der Waals surface area contributed by atoms with Crippen LogP contribution in [0, 0.1) is 0 Å². The zero-order valence-electron chi connectivity index (χ0n) is 19.4. The van der Waals surface area contributed by atoms with Gasteiger partial charge in [0, 0.05) is 18.8 Å². The lowest BCUT2D eigenvalue weighted by molar-refractivity contribution is -0.788. The molecule has 0 bridgehead atoms. The molecule has 1 aromatic rings. The number of benzene rings is 1. The van der Waals surface area contributed by atoms with Crippen molar-refractivity contribution >= 4 is 15.8 Å². The van der Waals surface area contributed by atoms with E-state index in [1.165, 1.54) is 63.9 Å². The van der Waals surface area contributed by atoms with Gasteiger partial charge in [0.2, 0.25) is 0 Å². The molecule has 0 amide bonds. The lowest BCUT2D eigenvalue weighted by Crippen LogP contribution is -3.00. The predicted molar refractivity (Wildman–Crippen MR) is 122 cm³/mol. The maximum Gasteiger partial charge on any atom is 0.151 e. The summed E-state index contributed by atoms with van der Waals surface area (Å²) in [6.07, 6.45) is 15.9. The number of hydrogen-bond donors (Lipinski definition) is 1. The average molecular weight is 442 g/mol. The molecule has 1 aromatic carbocycles. The van der Waals surface area contributed by atoms with E-state index in [9.17, 15) is 13.0 Å². The van der Waals surface area contributed by atoms with Crippen molar-refractivity contribution in [1.29, 1.82) is 0 Å². The quantitative estimate of drug-likeness (QED) is 0.266. The minimum atomic E-state index is -4.46. The normalized spacial score (nSPS) is 12.0. The van der Waals surface area contributed by atoms with Crippen molar-refractivity contribution in [1.82, 2.24) is 0 Å². The van der Waals surface area contributed by atoms with Gasteiger partial charge in [-0.3, -0.25) is 0 Å². The summed E-state index contributed by atoms with van der Waals surface area (Å²) in [6.45, 7) is 3.82. The molecule has 174 valence electrons. The summed E-state index contributed by atoms with van der Waals surface area (Å²) in [5.41, 5.74) is 1.53. The Morgan fingerprint density at radius 1 is 0.833 bits per heavy atom. The Bertz CT molecular complexity index is 674. The molecular weight excluding hydrogens is 398 g/mol. The van der Waals surface area contributed by atoms with E-state index in [2.05, 4.69) is 6.92 Å². The van der Waals surface area contributed by atoms with Gasteiger partial charge in [0.1, 0.15) is 15.0 Å². The molecular formula is C24H43NO4S. The van der Waals surface area contributed by atoms with Crippen molar-refractivity contribution < 1.29 is 22.6 Å². The van der Waals surface area contributed by atoms with Gasteiger partial charge in [-0.25, -0.2) is 8.42 Å². The van der Waals surface area contributed by atoms with E-state index in [-0.39, 0.29) is 4.90 Å². The zero-order chi connectivity index (χ0) is 22.2. The van der Waals surface area contributed by atoms with Crippen LogP contribution in [0.2, 0.25) is 0 Å². The zero-order valence-corrected chi connectivity index (χ0v) is 20.2. The van der Waals surface area contributed by atoms with Crippen LogP contribution in [0.15, 0.2) is 23.1 Å². The molecule has 0 atom stereocenters. The van der Waals surface area contributed by atoms with E-state index in [4.69, 9.17) is 4.74 Å². The van der Waals surface area contributed by atoms with Gasteiger partial charge in [-0.2, -0.15) is 0 Å². The summed E-state index contributed by atoms with van der Waals surface area (Å²) < 4.78 is 40.4. The van der Waals surface area contributed by atoms with Crippen LogP contribution in [0.3, 0.4) is 0 Å². The number of quaternary nitrogens is 1. The molecule has 0 saturated carbocycles. The van der Waals surface area contributed by atoms with Gasteiger partial charge in [0.15, 0.2) is 5.69 Å². The van der Waals surface area contributed by atoms with Crippen LogP contribution in [0.4, 0.5) is 5.69 Å². The fraction of sp³-hybridized carbons (Fsp3) is 0.750. The Morgan fingerprint density at radius 3 is 1.90 bits per heavy atom. The standard InChI is InChI=1S/C24H43NO4S/c1-4-5-6-7-8-9-10-11-12-14-20-29-21-15-13-17-22-18-16-19-23(30(26,27)28)24(22)25(2)3/h16,18-19H,4-15,17,20-21H2,1-3H3,(H,26,27,28). The molecule has 0 aliphatic carbocycles. The maximum atomic E-state index is 11.5. The van der Waals surface area contributed by atoms with E-state index >= 15 is 0 Å². The Morgan fingerprint density at radius 2 is 1.37 bits per heavy atom. The van der Waals surface area contributed by atoms with Crippen LogP contribution >= 0.6 is 0 Å². The van der Waals surface area contributed by atoms with Crippen LogP contribution in [0.5, 0.6) is 0 Å². The van der Waals surface area contributed by atoms with Crippen LogP contribution < -0.4 is 4.90 Å². The first-order chi connectivity index (χ1) is 14.4. The molecule has 1 rings (SSSR count). The first-order valence-electron chi connectivity index (χ1n) is 11.8. The number of unbranched alkanes of at least 4 members (excludes halogenated alkanes) is 10. The van der Waals surface area contributed by atoms with Crippen molar-refractivity contribution in [2.45, 2.75) is 95.3 Å². The average Bonchev–Trinajstić information content (AvgIpc) is 2.69. The smallest absolute Gasteiger partial charge is 0.151 e. The van der Waals surface area contributed by atoms with Crippen molar-refractivity contribution in [3.63, 3.8) is 0 Å². The summed E-state index contributed by atoms with van der Waals surface area (Å²) in [5, 5.41) is 0. The summed E-state index contributed by atoms with van der Waals surface area (Å²) in [4.78, 5) is 0.759. The lowest BCUT2D eigenvalue weighted by atomic mass is 10.1. The number of hydrogen-bond acceptors (Lipinski definition) is 4. The van der Waals surface area contributed by atoms with Crippen LogP contribution in [0.1, 0.15) is 89.5 Å². The molecule has 0 fully saturated rings. The Labute approximate surface area is 185 Å². The van der Waals surface area contributed by atoms with E-state index in [1.807, 2.05) is 20.2 Å². The van der Waals surface area contributed by atoms with E-state index < -0.39 is 10.1 Å². The van der Waals surface area contributed by atoms with Gasteiger partial charge in [-0.05, 0) is 31.7 Å². The summed E-state index contributed by atoms with van der Waals surface area (Å²) in [6, 6.07) is 4.99.